The molecular weight excluding hydrogens is 386 g/mol. The molecule has 2 aromatic carbocycles. The number of thiocarbonyl (C=S) groups is 1. The Balaban J connectivity index is 2.02. The molecule has 0 atom stereocenters. The van der Waals surface area contributed by atoms with Gasteiger partial charge < -0.3 is 15.4 Å². The third-order valence-corrected chi connectivity index (χ3v) is 3.93. The van der Waals surface area contributed by atoms with Gasteiger partial charge in [0.1, 0.15) is 5.75 Å². The summed E-state index contributed by atoms with van der Waals surface area (Å²) in [7, 11) is 0. The van der Waals surface area contributed by atoms with Gasteiger partial charge in [0.05, 0.1) is 17.9 Å². The van der Waals surface area contributed by atoms with Crippen LogP contribution in [0.1, 0.15) is 54.8 Å². The molecule has 29 heavy (non-hydrogen) atoms. The van der Waals surface area contributed by atoms with Gasteiger partial charge in [-0.3, -0.25) is 14.9 Å². The topological polar surface area (TPSA) is 79.5 Å². The number of nitrogens with one attached hydrogen (secondary N) is 3. The number of carbonyl (C=O) groups excluding carboxylic acids is 2. The Morgan fingerprint density at radius 1 is 1.00 bits per heavy atom. The van der Waals surface area contributed by atoms with Crippen molar-refractivity contribution < 1.29 is 14.3 Å². The molecule has 0 aliphatic heterocycles. The first-order valence-corrected chi connectivity index (χ1v) is 9.87. The van der Waals surface area contributed by atoms with Crippen LogP contribution in [0.5, 0.6) is 5.75 Å². The first-order chi connectivity index (χ1) is 13.7. The van der Waals surface area contributed by atoms with Gasteiger partial charge in [0.25, 0.3) is 11.8 Å². The van der Waals surface area contributed by atoms with Crippen LogP contribution in [-0.2, 0) is 0 Å². The maximum atomic E-state index is 12.5. The van der Waals surface area contributed by atoms with E-state index in [0.717, 1.165) is 6.42 Å². The molecule has 3 N–H and O–H groups in total. The van der Waals surface area contributed by atoms with Crippen molar-refractivity contribution in [2.45, 2.75) is 39.7 Å². The van der Waals surface area contributed by atoms with E-state index in [4.69, 9.17) is 17.0 Å². The van der Waals surface area contributed by atoms with Crippen molar-refractivity contribution in [3.63, 3.8) is 0 Å². The summed E-state index contributed by atoms with van der Waals surface area (Å²) in [4.78, 5) is 24.9. The lowest BCUT2D eigenvalue weighted by atomic mass is 10.1. The SMILES string of the molecule is CCCOc1ccc(C(=O)NC(=S)Nc2ccccc2C(=O)NC(C)(C)C)cc1. The minimum atomic E-state index is -0.369. The zero-order chi connectivity index (χ0) is 21.4. The lowest BCUT2D eigenvalue weighted by Crippen LogP contribution is -2.41. The van der Waals surface area contributed by atoms with Crippen LogP contribution >= 0.6 is 12.2 Å². The highest BCUT2D eigenvalue weighted by Gasteiger charge is 2.18. The van der Waals surface area contributed by atoms with E-state index in [1.807, 2.05) is 27.7 Å². The van der Waals surface area contributed by atoms with Gasteiger partial charge in [-0.25, -0.2) is 0 Å². The monoisotopic (exact) mass is 413 g/mol. The smallest absolute Gasteiger partial charge is 0.257 e. The van der Waals surface area contributed by atoms with E-state index in [1.54, 1.807) is 48.5 Å². The Labute approximate surface area is 177 Å². The molecule has 154 valence electrons. The molecule has 0 radical (unpaired) electrons. The fraction of sp³-hybridized carbons (Fsp3) is 0.318. The van der Waals surface area contributed by atoms with Crippen molar-refractivity contribution in [3.8, 4) is 5.75 Å². The lowest BCUT2D eigenvalue weighted by Gasteiger charge is -2.21. The van der Waals surface area contributed by atoms with Gasteiger partial charge in [0, 0.05) is 11.1 Å². The second-order valence-electron chi connectivity index (χ2n) is 7.53. The van der Waals surface area contributed by atoms with E-state index in [0.29, 0.717) is 29.2 Å². The lowest BCUT2D eigenvalue weighted by molar-refractivity contribution is 0.0919. The summed E-state index contributed by atoms with van der Waals surface area (Å²) in [6.07, 6.45) is 0.914. The molecule has 7 heteroatoms. The van der Waals surface area contributed by atoms with Gasteiger partial charge in [-0.15, -0.1) is 0 Å². The molecule has 2 aromatic rings. The van der Waals surface area contributed by atoms with Crippen molar-refractivity contribution in [1.29, 1.82) is 0 Å². The predicted molar refractivity (Wildman–Crippen MR) is 120 cm³/mol. The zero-order valence-corrected chi connectivity index (χ0v) is 18.0. The third kappa shape index (κ3) is 7.19. The molecule has 0 fully saturated rings. The molecule has 0 unspecified atom stereocenters. The van der Waals surface area contributed by atoms with Gasteiger partial charge in [0.15, 0.2) is 5.11 Å². The zero-order valence-electron chi connectivity index (χ0n) is 17.2. The number of anilines is 1. The van der Waals surface area contributed by atoms with Crippen LogP contribution in [0.25, 0.3) is 0 Å². The molecule has 0 bridgehead atoms. The maximum Gasteiger partial charge on any atom is 0.257 e. The summed E-state index contributed by atoms with van der Waals surface area (Å²) in [6.45, 7) is 8.38. The van der Waals surface area contributed by atoms with Gasteiger partial charge in [-0.1, -0.05) is 19.1 Å². The van der Waals surface area contributed by atoms with Crippen LogP contribution in [0.3, 0.4) is 0 Å². The Bertz CT molecular complexity index is 874. The quantitative estimate of drug-likeness (QED) is 0.621. The van der Waals surface area contributed by atoms with Crippen LogP contribution in [-0.4, -0.2) is 29.1 Å². The molecule has 0 spiro atoms. The highest BCUT2D eigenvalue weighted by molar-refractivity contribution is 7.80. The first kappa shape index (κ1) is 22.4. The normalized spacial score (nSPS) is 10.8. The molecule has 0 aliphatic rings. The second kappa shape index (κ2) is 10.0. The number of carbonyl (C=O) groups is 2. The summed E-state index contributed by atoms with van der Waals surface area (Å²) >= 11 is 5.25. The standard InChI is InChI=1S/C22H27N3O3S/c1-5-14-28-16-12-10-15(11-13-16)19(26)24-21(29)23-18-9-7-6-8-17(18)20(27)25-22(2,3)4/h6-13H,5,14H2,1-4H3,(H,25,27)(H2,23,24,26,29). The predicted octanol–water partition coefficient (Wildman–Crippen LogP) is 4.13. The molecule has 2 rings (SSSR count). The van der Waals surface area contributed by atoms with Crippen LogP contribution in [0.2, 0.25) is 0 Å². The van der Waals surface area contributed by atoms with Crippen LogP contribution < -0.4 is 20.7 Å². The third-order valence-electron chi connectivity index (χ3n) is 3.72. The van der Waals surface area contributed by atoms with E-state index in [2.05, 4.69) is 16.0 Å². The summed E-state index contributed by atoms with van der Waals surface area (Å²) < 4.78 is 5.51. The molecule has 2 amide bonds. The van der Waals surface area contributed by atoms with Crippen molar-refractivity contribution in [2.75, 3.05) is 11.9 Å². The van der Waals surface area contributed by atoms with E-state index >= 15 is 0 Å². The molecule has 0 saturated carbocycles. The van der Waals surface area contributed by atoms with Gasteiger partial charge in [-0.05, 0) is 75.8 Å². The average molecular weight is 414 g/mol. The summed E-state index contributed by atoms with van der Waals surface area (Å²) in [5.41, 5.74) is 1.04. The highest BCUT2D eigenvalue weighted by atomic mass is 32.1. The number of amides is 2. The molecule has 0 aliphatic carbocycles. The Kier molecular flexibility index (Phi) is 7.73. The Morgan fingerprint density at radius 2 is 1.66 bits per heavy atom. The Morgan fingerprint density at radius 3 is 2.28 bits per heavy atom. The molecule has 0 heterocycles. The van der Waals surface area contributed by atoms with Crippen molar-refractivity contribution in [2.24, 2.45) is 0 Å². The second-order valence-corrected chi connectivity index (χ2v) is 7.94. The number of para-hydroxylation sites is 1. The number of hydrogen-bond donors (Lipinski definition) is 3. The maximum absolute atomic E-state index is 12.5. The van der Waals surface area contributed by atoms with Crippen LogP contribution in [0.15, 0.2) is 48.5 Å². The highest BCUT2D eigenvalue weighted by Crippen LogP contribution is 2.17. The first-order valence-electron chi connectivity index (χ1n) is 9.46. The molecular formula is C22H27N3O3S. The van der Waals surface area contributed by atoms with Crippen LogP contribution in [0.4, 0.5) is 5.69 Å². The molecule has 0 aromatic heterocycles. The fourth-order valence-electron chi connectivity index (χ4n) is 2.45. The number of benzene rings is 2. The molecule has 0 saturated heterocycles. The van der Waals surface area contributed by atoms with Crippen LogP contribution in [0, 0.1) is 0 Å². The Hall–Kier alpha value is -2.93. The van der Waals surface area contributed by atoms with Crippen molar-refractivity contribution in [1.82, 2.24) is 10.6 Å². The van der Waals surface area contributed by atoms with Gasteiger partial charge >= 0.3 is 0 Å². The number of hydrogen-bond acceptors (Lipinski definition) is 4. The minimum Gasteiger partial charge on any atom is -0.494 e. The van der Waals surface area contributed by atoms with E-state index in [1.165, 1.54) is 0 Å². The van der Waals surface area contributed by atoms with Crippen molar-refractivity contribution in [3.05, 3.63) is 59.7 Å². The van der Waals surface area contributed by atoms with Gasteiger partial charge in [-0.2, -0.15) is 0 Å². The largest absolute Gasteiger partial charge is 0.494 e. The minimum absolute atomic E-state index is 0.109. The fourth-order valence-corrected chi connectivity index (χ4v) is 2.65. The van der Waals surface area contributed by atoms with E-state index in [-0.39, 0.29) is 22.5 Å². The van der Waals surface area contributed by atoms with Crippen molar-refractivity contribution >= 4 is 34.8 Å². The van der Waals surface area contributed by atoms with E-state index in [9.17, 15) is 9.59 Å². The van der Waals surface area contributed by atoms with Gasteiger partial charge in [0.2, 0.25) is 0 Å². The summed E-state index contributed by atoms with van der Waals surface area (Å²) in [6, 6.07) is 13.8. The number of ether oxygens (including phenoxy) is 1. The molecule has 6 nitrogen and oxygen atoms in total. The van der Waals surface area contributed by atoms with E-state index < -0.39 is 0 Å². The summed E-state index contributed by atoms with van der Waals surface area (Å²) in [5.74, 6) is 0.140. The average Bonchev–Trinajstić information content (AvgIpc) is 2.65. The summed E-state index contributed by atoms with van der Waals surface area (Å²) in [5, 5.41) is 8.58. The number of rotatable bonds is 6.